The Morgan fingerprint density at radius 3 is 2.33 bits per heavy atom. The maximum atomic E-state index is 11.6. The van der Waals surface area contributed by atoms with Crippen LogP contribution in [0.25, 0.3) is 10.8 Å². The highest BCUT2D eigenvalue weighted by molar-refractivity contribution is 9.10. The summed E-state index contributed by atoms with van der Waals surface area (Å²) in [4.78, 5) is 11.6. The third-order valence-corrected chi connectivity index (χ3v) is 9.11. The van der Waals surface area contributed by atoms with Crippen LogP contribution in [0.1, 0.15) is 31.1 Å². The zero-order valence-electron chi connectivity index (χ0n) is 13.2. The van der Waals surface area contributed by atoms with E-state index in [-0.39, 0.29) is 5.04 Å². The molecule has 2 rings (SSSR count). The number of carbonyl (C=O) groups excluding carboxylic acids is 1. The van der Waals surface area contributed by atoms with Gasteiger partial charge in [-0.2, -0.15) is 0 Å². The summed E-state index contributed by atoms with van der Waals surface area (Å²) in [6, 6.07) is 9.88. The van der Waals surface area contributed by atoms with Gasteiger partial charge in [0, 0.05) is 4.47 Å². The molecular formula is C17H21BrO2Si. The maximum Gasteiger partial charge on any atom is 0.250 e. The van der Waals surface area contributed by atoms with Gasteiger partial charge >= 0.3 is 0 Å². The minimum atomic E-state index is -1.96. The van der Waals surface area contributed by atoms with Crippen LogP contribution < -0.4 is 4.43 Å². The van der Waals surface area contributed by atoms with Crippen molar-refractivity contribution in [3.63, 3.8) is 0 Å². The van der Waals surface area contributed by atoms with Gasteiger partial charge in [0.15, 0.2) is 6.29 Å². The van der Waals surface area contributed by atoms with Crippen molar-refractivity contribution in [3.05, 3.63) is 40.4 Å². The van der Waals surface area contributed by atoms with Crippen molar-refractivity contribution in [2.24, 2.45) is 0 Å². The smallest absolute Gasteiger partial charge is 0.250 e. The lowest BCUT2D eigenvalue weighted by Gasteiger charge is -2.36. The van der Waals surface area contributed by atoms with Gasteiger partial charge in [0.25, 0.3) is 8.32 Å². The highest BCUT2D eigenvalue weighted by Gasteiger charge is 2.39. The van der Waals surface area contributed by atoms with Gasteiger partial charge in [-0.3, -0.25) is 4.79 Å². The summed E-state index contributed by atoms with van der Waals surface area (Å²) in [6.07, 6.45) is 0.900. The molecule has 0 atom stereocenters. The summed E-state index contributed by atoms with van der Waals surface area (Å²) in [7, 11) is -1.96. The monoisotopic (exact) mass is 364 g/mol. The molecule has 0 spiro atoms. The summed E-state index contributed by atoms with van der Waals surface area (Å²) in [6.45, 7) is 11.0. The van der Waals surface area contributed by atoms with E-state index in [2.05, 4.69) is 49.8 Å². The molecule has 0 aliphatic heterocycles. The number of aldehydes is 1. The molecule has 21 heavy (non-hydrogen) atoms. The molecule has 2 aromatic carbocycles. The summed E-state index contributed by atoms with van der Waals surface area (Å²) < 4.78 is 7.29. The zero-order valence-corrected chi connectivity index (χ0v) is 15.7. The molecule has 4 heteroatoms. The lowest BCUT2D eigenvalue weighted by molar-refractivity contribution is 0.112. The molecule has 0 amide bonds. The number of hydrogen-bond donors (Lipinski definition) is 0. The van der Waals surface area contributed by atoms with Crippen LogP contribution in [0.2, 0.25) is 18.1 Å². The van der Waals surface area contributed by atoms with Gasteiger partial charge in [-0.25, -0.2) is 0 Å². The SMILES string of the molecule is CC(C)(C)[Si](C)(C)Oc1ccc2ccc(Br)cc2c1C=O. The second-order valence-electron chi connectivity index (χ2n) is 6.82. The first-order chi connectivity index (χ1) is 9.65. The molecule has 0 aliphatic rings. The summed E-state index contributed by atoms with van der Waals surface area (Å²) in [5, 5.41) is 2.07. The topological polar surface area (TPSA) is 26.3 Å². The Balaban J connectivity index is 2.57. The molecule has 0 aliphatic carbocycles. The summed E-state index contributed by atoms with van der Waals surface area (Å²) in [5.41, 5.74) is 0.638. The van der Waals surface area contributed by atoms with Crippen molar-refractivity contribution in [2.75, 3.05) is 0 Å². The summed E-state index contributed by atoms with van der Waals surface area (Å²) >= 11 is 3.47. The van der Waals surface area contributed by atoms with E-state index < -0.39 is 8.32 Å². The highest BCUT2D eigenvalue weighted by Crippen LogP contribution is 2.39. The number of benzene rings is 2. The Kier molecular flexibility index (Phi) is 4.31. The first-order valence-corrected chi connectivity index (χ1v) is 10.7. The van der Waals surface area contributed by atoms with Crippen molar-refractivity contribution in [1.29, 1.82) is 0 Å². The minimum absolute atomic E-state index is 0.0966. The molecule has 2 aromatic rings. The third-order valence-electron chi connectivity index (χ3n) is 4.27. The summed E-state index contributed by atoms with van der Waals surface area (Å²) in [5.74, 6) is 0.696. The van der Waals surface area contributed by atoms with E-state index in [4.69, 9.17) is 4.43 Å². The maximum absolute atomic E-state index is 11.6. The van der Waals surface area contributed by atoms with Crippen LogP contribution in [0.5, 0.6) is 5.75 Å². The number of halogens is 1. The molecule has 2 nitrogen and oxygen atoms in total. The van der Waals surface area contributed by atoms with Crippen LogP contribution in [-0.4, -0.2) is 14.6 Å². The Bertz CT molecular complexity index is 687. The fraction of sp³-hybridized carbons (Fsp3) is 0.353. The average Bonchev–Trinajstić information content (AvgIpc) is 2.36. The average molecular weight is 365 g/mol. The van der Waals surface area contributed by atoms with Gasteiger partial charge in [0.1, 0.15) is 5.75 Å². The highest BCUT2D eigenvalue weighted by atomic mass is 79.9. The minimum Gasteiger partial charge on any atom is -0.543 e. The van der Waals surface area contributed by atoms with Crippen LogP contribution in [0.3, 0.4) is 0 Å². The van der Waals surface area contributed by atoms with Crippen molar-refractivity contribution in [1.82, 2.24) is 0 Å². The van der Waals surface area contributed by atoms with E-state index in [0.29, 0.717) is 11.3 Å². The number of rotatable bonds is 3. The van der Waals surface area contributed by atoms with Gasteiger partial charge in [-0.1, -0.05) is 48.8 Å². The zero-order chi connectivity index (χ0) is 15.8. The molecule has 0 N–H and O–H groups in total. The number of fused-ring (bicyclic) bond motifs is 1. The fourth-order valence-corrected chi connectivity index (χ4v) is 3.33. The van der Waals surface area contributed by atoms with Crippen molar-refractivity contribution < 1.29 is 9.22 Å². The predicted molar refractivity (Wildman–Crippen MR) is 94.9 cm³/mol. The normalized spacial score (nSPS) is 12.5. The van der Waals surface area contributed by atoms with Crippen LogP contribution in [0.15, 0.2) is 34.8 Å². The molecule has 112 valence electrons. The van der Waals surface area contributed by atoms with Gasteiger partial charge in [-0.05, 0) is 47.1 Å². The number of carbonyl (C=O) groups is 1. The van der Waals surface area contributed by atoms with E-state index in [1.54, 1.807) is 0 Å². The molecule has 0 heterocycles. The second kappa shape index (κ2) is 5.58. The van der Waals surface area contributed by atoms with Gasteiger partial charge in [0.2, 0.25) is 0 Å². The van der Waals surface area contributed by atoms with Gasteiger partial charge in [0.05, 0.1) is 5.56 Å². The van der Waals surface area contributed by atoms with E-state index >= 15 is 0 Å². The third kappa shape index (κ3) is 3.21. The van der Waals surface area contributed by atoms with Crippen LogP contribution in [0.4, 0.5) is 0 Å². The lowest BCUT2D eigenvalue weighted by Crippen LogP contribution is -2.44. The second-order valence-corrected chi connectivity index (χ2v) is 12.5. The standard InChI is InChI=1S/C17H21BrO2Si/c1-17(2,3)21(4,5)20-16-9-7-12-6-8-13(18)10-14(12)15(16)11-19/h6-11H,1-5H3. The lowest BCUT2D eigenvalue weighted by atomic mass is 10.0. The quantitative estimate of drug-likeness (QED) is 0.508. The first-order valence-electron chi connectivity index (χ1n) is 7.02. The molecule has 0 radical (unpaired) electrons. The van der Waals surface area contributed by atoms with Crippen LogP contribution in [-0.2, 0) is 0 Å². The van der Waals surface area contributed by atoms with E-state index in [1.807, 2.05) is 30.3 Å². The Hall–Kier alpha value is -1.13. The molecule has 0 fully saturated rings. The number of hydrogen-bond acceptors (Lipinski definition) is 2. The first kappa shape index (κ1) is 16.2. The fourth-order valence-electron chi connectivity index (χ4n) is 1.93. The Morgan fingerprint density at radius 2 is 1.76 bits per heavy atom. The molecule has 0 aromatic heterocycles. The predicted octanol–water partition coefficient (Wildman–Crippen LogP) is 5.80. The van der Waals surface area contributed by atoms with Crippen molar-refractivity contribution in [3.8, 4) is 5.75 Å². The van der Waals surface area contributed by atoms with E-state index in [1.165, 1.54) is 0 Å². The molecule has 0 saturated carbocycles. The van der Waals surface area contributed by atoms with Gasteiger partial charge in [-0.15, -0.1) is 0 Å². The largest absolute Gasteiger partial charge is 0.543 e. The van der Waals surface area contributed by atoms with Crippen LogP contribution in [0, 0.1) is 0 Å². The molecule has 0 bridgehead atoms. The molecule has 0 unspecified atom stereocenters. The van der Waals surface area contributed by atoms with Crippen LogP contribution >= 0.6 is 15.9 Å². The molecule has 0 saturated heterocycles. The van der Waals surface area contributed by atoms with Crippen molar-refractivity contribution in [2.45, 2.75) is 38.9 Å². The Labute approximate surface area is 135 Å². The Morgan fingerprint density at radius 1 is 1.14 bits per heavy atom. The molecular weight excluding hydrogens is 344 g/mol. The van der Waals surface area contributed by atoms with E-state index in [9.17, 15) is 4.79 Å². The van der Waals surface area contributed by atoms with E-state index in [0.717, 1.165) is 21.5 Å². The van der Waals surface area contributed by atoms with Gasteiger partial charge < -0.3 is 4.43 Å². The van der Waals surface area contributed by atoms with Crippen molar-refractivity contribution >= 4 is 41.3 Å².